The van der Waals surface area contributed by atoms with Crippen molar-refractivity contribution in [2.24, 2.45) is 0 Å². The Bertz CT molecular complexity index is 735. The van der Waals surface area contributed by atoms with Gasteiger partial charge in [-0.05, 0) is 36.6 Å². The lowest BCUT2D eigenvalue weighted by molar-refractivity contribution is -0.148. The van der Waals surface area contributed by atoms with Crippen LogP contribution in [0.2, 0.25) is 10.0 Å². The molecule has 132 valence electrons. The average molecular weight is 380 g/mol. The summed E-state index contributed by atoms with van der Waals surface area (Å²) in [5, 5.41) is 3.74. The maximum absolute atomic E-state index is 11.9. The van der Waals surface area contributed by atoms with Crippen LogP contribution in [0.3, 0.4) is 0 Å². The van der Waals surface area contributed by atoms with Gasteiger partial charge in [0.15, 0.2) is 6.61 Å². The molecule has 2 aromatic rings. The number of ether oxygens (including phenoxy) is 1. The fourth-order valence-electron chi connectivity index (χ4n) is 2.32. The molecular weight excluding hydrogens is 361 g/mol. The van der Waals surface area contributed by atoms with E-state index >= 15 is 0 Å². The molecule has 0 aliphatic rings. The molecule has 6 heteroatoms. The first-order valence-corrected chi connectivity index (χ1v) is 8.65. The summed E-state index contributed by atoms with van der Waals surface area (Å²) >= 11 is 12.0. The van der Waals surface area contributed by atoms with E-state index in [0.717, 1.165) is 11.1 Å². The third kappa shape index (κ3) is 6.40. The zero-order chi connectivity index (χ0) is 18.2. The van der Waals surface area contributed by atoms with Crippen LogP contribution in [-0.2, 0) is 20.7 Å². The number of carbonyl (C=O) groups excluding carboxylic acids is 2. The number of aryl methyl sites for hydroxylation is 1. The molecule has 2 rings (SSSR count). The second-order valence-corrected chi connectivity index (χ2v) is 6.44. The fraction of sp³-hybridized carbons (Fsp3) is 0.263. The molecule has 0 heterocycles. The van der Waals surface area contributed by atoms with Crippen molar-refractivity contribution < 1.29 is 14.3 Å². The molecule has 0 fully saturated rings. The summed E-state index contributed by atoms with van der Waals surface area (Å²) in [6, 6.07) is 14.4. The summed E-state index contributed by atoms with van der Waals surface area (Å²) in [6.07, 6.45) is 0.813. The maximum atomic E-state index is 11.9. The number of halogens is 2. The Labute approximate surface area is 157 Å². The summed E-state index contributed by atoms with van der Waals surface area (Å²) in [5.41, 5.74) is 1.80. The number of rotatable bonds is 7. The minimum absolute atomic E-state index is 0.232. The summed E-state index contributed by atoms with van der Waals surface area (Å²) in [6.45, 7) is 1.48. The van der Waals surface area contributed by atoms with Crippen LogP contribution in [0.1, 0.15) is 30.5 Å². The number of hydrogen-bond donors (Lipinski definition) is 1. The van der Waals surface area contributed by atoms with Gasteiger partial charge in [-0.3, -0.25) is 9.59 Å². The Kier molecular flexibility index (Phi) is 7.29. The van der Waals surface area contributed by atoms with Crippen molar-refractivity contribution in [1.29, 1.82) is 0 Å². The quantitative estimate of drug-likeness (QED) is 0.727. The van der Waals surface area contributed by atoms with E-state index in [2.05, 4.69) is 5.32 Å². The predicted octanol–water partition coefficient (Wildman–Crippen LogP) is 4.35. The molecule has 0 saturated carbocycles. The molecule has 1 unspecified atom stereocenters. The lowest BCUT2D eigenvalue weighted by atomic mass is 10.1. The molecule has 0 aliphatic carbocycles. The summed E-state index contributed by atoms with van der Waals surface area (Å²) in [5.74, 6) is -0.789. The second kappa shape index (κ2) is 9.44. The van der Waals surface area contributed by atoms with E-state index in [9.17, 15) is 9.59 Å². The smallest absolute Gasteiger partial charge is 0.306 e. The van der Waals surface area contributed by atoms with E-state index in [-0.39, 0.29) is 25.0 Å². The topological polar surface area (TPSA) is 55.4 Å². The lowest BCUT2D eigenvalue weighted by Crippen LogP contribution is -2.31. The van der Waals surface area contributed by atoms with E-state index < -0.39 is 5.97 Å². The van der Waals surface area contributed by atoms with E-state index in [1.54, 1.807) is 25.1 Å². The number of benzene rings is 2. The van der Waals surface area contributed by atoms with E-state index in [1.165, 1.54) is 0 Å². The Hall–Kier alpha value is -2.04. The molecule has 1 amide bonds. The van der Waals surface area contributed by atoms with Crippen molar-refractivity contribution in [3.05, 3.63) is 69.7 Å². The molecule has 1 atom stereocenters. The van der Waals surface area contributed by atoms with E-state index in [1.807, 2.05) is 30.3 Å². The summed E-state index contributed by atoms with van der Waals surface area (Å²) in [7, 11) is 0. The van der Waals surface area contributed by atoms with E-state index in [4.69, 9.17) is 27.9 Å². The predicted molar refractivity (Wildman–Crippen MR) is 98.7 cm³/mol. The third-order valence-corrected chi connectivity index (χ3v) is 4.19. The van der Waals surface area contributed by atoms with Gasteiger partial charge in [-0.15, -0.1) is 0 Å². The van der Waals surface area contributed by atoms with Crippen molar-refractivity contribution >= 4 is 35.1 Å². The van der Waals surface area contributed by atoms with Crippen LogP contribution in [0.4, 0.5) is 0 Å². The maximum Gasteiger partial charge on any atom is 0.306 e. The zero-order valence-electron chi connectivity index (χ0n) is 13.8. The van der Waals surface area contributed by atoms with Crippen LogP contribution in [0.15, 0.2) is 48.5 Å². The van der Waals surface area contributed by atoms with Gasteiger partial charge >= 0.3 is 5.97 Å². The minimum Gasteiger partial charge on any atom is -0.456 e. The molecule has 0 spiro atoms. The molecule has 0 saturated heterocycles. The first-order chi connectivity index (χ1) is 12.0. The molecule has 1 N–H and O–H groups in total. The van der Waals surface area contributed by atoms with Crippen LogP contribution in [0, 0.1) is 0 Å². The lowest BCUT2D eigenvalue weighted by Gasteiger charge is -2.16. The van der Waals surface area contributed by atoms with Crippen LogP contribution in [0.25, 0.3) is 0 Å². The average Bonchev–Trinajstić information content (AvgIpc) is 2.59. The monoisotopic (exact) mass is 379 g/mol. The Balaban J connectivity index is 1.75. The van der Waals surface area contributed by atoms with Gasteiger partial charge in [-0.25, -0.2) is 0 Å². The normalized spacial score (nSPS) is 11.6. The number of nitrogens with one attached hydrogen (secondary N) is 1. The van der Waals surface area contributed by atoms with Crippen LogP contribution >= 0.6 is 23.2 Å². The number of carbonyl (C=O) groups is 2. The van der Waals surface area contributed by atoms with Gasteiger partial charge in [0.05, 0.1) is 6.04 Å². The highest BCUT2D eigenvalue weighted by Gasteiger charge is 2.14. The van der Waals surface area contributed by atoms with Gasteiger partial charge in [-0.2, -0.15) is 0 Å². The Morgan fingerprint density at radius 2 is 1.84 bits per heavy atom. The van der Waals surface area contributed by atoms with Crippen LogP contribution < -0.4 is 5.32 Å². The molecule has 0 aliphatic heterocycles. The fourth-order valence-corrected chi connectivity index (χ4v) is 2.90. The largest absolute Gasteiger partial charge is 0.456 e. The first kappa shape index (κ1) is 19.3. The molecule has 4 nitrogen and oxygen atoms in total. The highest BCUT2D eigenvalue weighted by Crippen LogP contribution is 2.25. The first-order valence-electron chi connectivity index (χ1n) is 7.89. The van der Waals surface area contributed by atoms with Crippen LogP contribution in [0.5, 0.6) is 0 Å². The summed E-state index contributed by atoms with van der Waals surface area (Å²) in [4.78, 5) is 23.7. The summed E-state index contributed by atoms with van der Waals surface area (Å²) < 4.78 is 5.01. The van der Waals surface area contributed by atoms with E-state index in [0.29, 0.717) is 16.5 Å². The third-order valence-electron chi connectivity index (χ3n) is 3.63. The molecule has 0 aromatic heterocycles. The standard InChI is InChI=1S/C19H19Cl2NO3/c1-13(16-9-8-15(20)11-17(16)21)22-18(23)12-25-19(24)10-7-14-5-3-2-4-6-14/h2-6,8-9,11,13H,7,10,12H2,1H3,(H,22,23). The van der Waals surface area contributed by atoms with Gasteiger partial charge in [0.1, 0.15) is 0 Å². The van der Waals surface area contributed by atoms with Gasteiger partial charge in [0.2, 0.25) is 0 Å². The number of amides is 1. The molecular formula is C19H19Cl2NO3. The van der Waals surface area contributed by atoms with Gasteiger partial charge < -0.3 is 10.1 Å². The Morgan fingerprint density at radius 1 is 1.12 bits per heavy atom. The van der Waals surface area contributed by atoms with Gasteiger partial charge in [0.25, 0.3) is 5.91 Å². The zero-order valence-corrected chi connectivity index (χ0v) is 15.3. The molecule has 0 radical (unpaired) electrons. The van der Waals surface area contributed by atoms with Crippen molar-refractivity contribution in [3.8, 4) is 0 Å². The highest BCUT2D eigenvalue weighted by atomic mass is 35.5. The van der Waals surface area contributed by atoms with Crippen molar-refractivity contribution in [1.82, 2.24) is 5.32 Å². The van der Waals surface area contributed by atoms with Crippen molar-refractivity contribution in [2.75, 3.05) is 6.61 Å². The highest BCUT2D eigenvalue weighted by molar-refractivity contribution is 6.35. The number of hydrogen-bond acceptors (Lipinski definition) is 3. The van der Waals surface area contributed by atoms with Crippen molar-refractivity contribution in [3.63, 3.8) is 0 Å². The molecule has 0 bridgehead atoms. The van der Waals surface area contributed by atoms with Gasteiger partial charge in [-0.1, -0.05) is 59.6 Å². The molecule has 25 heavy (non-hydrogen) atoms. The van der Waals surface area contributed by atoms with Crippen molar-refractivity contribution in [2.45, 2.75) is 25.8 Å². The minimum atomic E-state index is -0.406. The number of esters is 1. The Morgan fingerprint density at radius 3 is 2.52 bits per heavy atom. The van der Waals surface area contributed by atoms with Gasteiger partial charge in [0, 0.05) is 16.5 Å². The SMILES string of the molecule is CC(NC(=O)COC(=O)CCc1ccccc1)c1ccc(Cl)cc1Cl. The molecule has 2 aromatic carbocycles. The second-order valence-electron chi connectivity index (χ2n) is 5.60. The van der Waals surface area contributed by atoms with Crippen LogP contribution in [-0.4, -0.2) is 18.5 Å².